The first-order chi connectivity index (χ1) is 14.0. The molecule has 3 heterocycles. The molecule has 1 aliphatic heterocycles. The van der Waals surface area contributed by atoms with Crippen LogP contribution >= 0.6 is 0 Å². The highest BCUT2D eigenvalue weighted by Crippen LogP contribution is 2.26. The van der Waals surface area contributed by atoms with Crippen LogP contribution in [0.5, 0.6) is 0 Å². The first-order valence-corrected chi connectivity index (χ1v) is 9.63. The van der Waals surface area contributed by atoms with Gasteiger partial charge in [-0.3, -0.25) is 14.9 Å². The van der Waals surface area contributed by atoms with Crippen molar-refractivity contribution >= 4 is 16.8 Å². The van der Waals surface area contributed by atoms with Crippen molar-refractivity contribution in [2.24, 2.45) is 0 Å². The Bertz CT molecular complexity index is 1040. The highest BCUT2D eigenvalue weighted by molar-refractivity contribution is 5.96. The van der Waals surface area contributed by atoms with Gasteiger partial charge in [-0.15, -0.1) is 0 Å². The summed E-state index contributed by atoms with van der Waals surface area (Å²) in [5.41, 5.74) is 3.82. The van der Waals surface area contributed by atoms with Crippen molar-refractivity contribution in [2.45, 2.75) is 32.4 Å². The minimum absolute atomic E-state index is 0.102. The van der Waals surface area contributed by atoms with E-state index in [-0.39, 0.29) is 12.2 Å². The molecular weight excluding hydrogens is 378 g/mol. The lowest BCUT2D eigenvalue weighted by molar-refractivity contribution is 0.0701. The Kier molecular flexibility index (Phi) is 5.55. The van der Waals surface area contributed by atoms with Crippen molar-refractivity contribution in [1.82, 2.24) is 19.9 Å². The molecule has 2 aromatic heterocycles. The van der Waals surface area contributed by atoms with Gasteiger partial charge in [0.05, 0.1) is 18.3 Å². The van der Waals surface area contributed by atoms with Gasteiger partial charge in [-0.1, -0.05) is 12.5 Å². The molecule has 0 unspecified atom stereocenters. The summed E-state index contributed by atoms with van der Waals surface area (Å²) in [5.74, 6) is -1.91. The van der Waals surface area contributed by atoms with Crippen LogP contribution in [-0.2, 0) is 13.1 Å². The van der Waals surface area contributed by atoms with Gasteiger partial charge in [0, 0.05) is 29.8 Å². The van der Waals surface area contributed by atoms with E-state index in [1.54, 1.807) is 17.7 Å². The van der Waals surface area contributed by atoms with Crippen LogP contribution in [0.1, 0.15) is 40.9 Å². The van der Waals surface area contributed by atoms with E-state index in [4.69, 9.17) is 5.21 Å². The van der Waals surface area contributed by atoms with Gasteiger partial charge in [-0.2, -0.15) is 0 Å². The van der Waals surface area contributed by atoms with E-state index >= 15 is 0 Å². The summed E-state index contributed by atoms with van der Waals surface area (Å²) in [6.07, 6.45) is 7.01. The summed E-state index contributed by atoms with van der Waals surface area (Å²) in [6.45, 7) is 2.94. The van der Waals surface area contributed by atoms with Crippen molar-refractivity contribution in [3.63, 3.8) is 0 Å². The van der Waals surface area contributed by atoms with E-state index in [2.05, 4.69) is 9.88 Å². The first-order valence-electron chi connectivity index (χ1n) is 9.63. The standard InChI is InChI=1S/C21H22F2N4O2/c22-16-5-4-14(18(23)8-16)12-27-13-15(11-26-6-2-1-3-7-26)17-9-19(21(28)25-29)24-10-20(17)27/h4-5,8-10,13,29H,1-3,6-7,11-12H2,(H,25,28). The number of nitrogens with one attached hydrogen (secondary N) is 1. The Hall–Kier alpha value is -2.84. The quantitative estimate of drug-likeness (QED) is 0.508. The van der Waals surface area contributed by atoms with Crippen molar-refractivity contribution in [1.29, 1.82) is 0 Å². The van der Waals surface area contributed by atoms with Gasteiger partial charge in [0.15, 0.2) is 0 Å². The monoisotopic (exact) mass is 400 g/mol. The zero-order valence-electron chi connectivity index (χ0n) is 15.9. The molecule has 3 aromatic rings. The van der Waals surface area contributed by atoms with Crippen LogP contribution in [0.4, 0.5) is 8.78 Å². The molecule has 0 radical (unpaired) electrons. The lowest BCUT2D eigenvalue weighted by Crippen LogP contribution is -2.29. The molecule has 0 saturated carbocycles. The molecule has 1 amide bonds. The van der Waals surface area contributed by atoms with Crippen molar-refractivity contribution in [2.75, 3.05) is 13.1 Å². The Labute approximate surface area is 166 Å². The van der Waals surface area contributed by atoms with Gasteiger partial charge in [0.2, 0.25) is 0 Å². The fourth-order valence-electron chi connectivity index (χ4n) is 3.89. The average Bonchev–Trinajstić information content (AvgIpc) is 3.06. The predicted octanol–water partition coefficient (Wildman–Crippen LogP) is 3.47. The van der Waals surface area contributed by atoms with Crippen LogP contribution in [0.3, 0.4) is 0 Å². The molecule has 0 atom stereocenters. The lowest BCUT2D eigenvalue weighted by Gasteiger charge is -2.26. The third kappa shape index (κ3) is 4.13. The smallest absolute Gasteiger partial charge is 0.293 e. The maximum Gasteiger partial charge on any atom is 0.293 e. The summed E-state index contributed by atoms with van der Waals surface area (Å²) >= 11 is 0. The van der Waals surface area contributed by atoms with Gasteiger partial charge in [-0.05, 0) is 43.6 Å². The Morgan fingerprint density at radius 1 is 1.10 bits per heavy atom. The number of hydrogen-bond donors (Lipinski definition) is 2. The van der Waals surface area contributed by atoms with Crippen LogP contribution < -0.4 is 5.48 Å². The van der Waals surface area contributed by atoms with E-state index in [9.17, 15) is 13.6 Å². The number of carbonyl (C=O) groups is 1. The number of likely N-dealkylation sites (tertiary alicyclic amines) is 1. The van der Waals surface area contributed by atoms with E-state index in [1.807, 2.05) is 10.8 Å². The SMILES string of the molecule is O=C(NO)c1cc2c(CN3CCCCC3)cn(Cc3ccc(F)cc3F)c2cn1. The van der Waals surface area contributed by atoms with Gasteiger partial charge in [0.25, 0.3) is 5.91 Å². The van der Waals surface area contributed by atoms with Gasteiger partial charge >= 0.3 is 0 Å². The van der Waals surface area contributed by atoms with Crippen molar-refractivity contribution in [3.8, 4) is 0 Å². The Morgan fingerprint density at radius 2 is 1.90 bits per heavy atom. The molecule has 1 fully saturated rings. The third-order valence-corrected chi connectivity index (χ3v) is 5.38. The first kappa shape index (κ1) is 19.5. The van der Waals surface area contributed by atoms with Gasteiger partial charge < -0.3 is 4.57 Å². The van der Waals surface area contributed by atoms with Crippen LogP contribution in [-0.4, -0.2) is 38.7 Å². The number of benzene rings is 1. The van der Waals surface area contributed by atoms with Gasteiger partial charge in [0.1, 0.15) is 17.3 Å². The van der Waals surface area contributed by atoms with Crippen LogP contribution in [0.15, 0.2) is 36.7 Å². The molecule has 6 nitrogen and oxygen atoms in total. The fourth-order valence-corrected chi connectivity index (χ4v) is 3.89. The highest BCUT2D eigenvalue weighted by Gasteiger charge is 2.18. The minimum atomic E-state index is -0.687. The number of aromatic nitrogens is 2. The summed E-state index contributed by atoms with van der Waals surface area (Å²) in [6, 6.07) is 5.18. The number of fused-ring (bicyclic) bond motifs is 1. The molecule has 0 aliphatic carbocycles. The minimum Gasteiger partial charge on any atom is -0.341 e. The summed E-state index contributed by atoms with van der Waals surface area (Å²) in [5, 5.41) is 9.74. The summed E-state index contributed by atoms with van der Waals surface area (Å²) in [4.78, 5) is 18.3. The molecule has 0 bridgehead atoms. The molecule has 8 heteroatoms. The number of amides is 1. The fraction of sp³-hybridized carbons (Fsp3) is 0.333. The molecule has 1 saturated heterocycles. The highest BCUT2D eigenvalue weighted by atomic mass is 19.1. The number of hydroxylamine groups is 1. The molecule has 4 rings (SSSR count). The van der Waals surface area contributed by atoms with E-state index in [0.717, 1.165) is 48.5 Å². The van der Waals surface area contributed by atoms with Crippen molar-refractivity contribution < 1.29 is 18.8 Å². The second-order valence-corrected chi connectivity index (χ2v) is 7.38. The molecule has 2 N–H and O–H groups in total. The molecule has 0 spiro atoms. The number of rotatable bonds is 5. The normalized spacial score (nSPS) is 15.0. The molecule has 1 aromatic carbocycles. The average molecular weight is 400 g/mol. The number of halogens is 2. The third-order valence-electron chi connectivity index (χ3n) is 5.38. The summed E-state index contributed by atoms with van der Waals surface area (Å²) in [7, 11) is 0. The van der Waals surface area contributed by atoms with Gasteiger partial charge in [-0.25, -0.2) is 19.2 Å². The molecule has 152 valence electrons. The van der Waals surface area contributed by atoms with E-state index in [0.29, 0.717) is 12.1 Å². The largest absolute Gasteiger partial charge is 0.341 e. The van der Waals surface area contributed by atoms with Crippen LogP contribution in [0.2, 0.25) is 0 Å². The molecular formula is C21H22F2N4O2. The Balaban J connectivity index is 1.74. The van der Waals surface area contributed by atoms with Crippen molar-refractivity contribution in [3.05, 3.63) is 65.1 Å². The maximum absolute atomic E-state index is 14.2. The maximum atomic E-state index is 14.2. The summed E-state index contributed by atoms with van der Waals surface area (Å²) < 4.78 is 29.3. The lowest BCUT2D eigenvalue weighted by atomic mass is 10.1. The molecule has 1 aliphatic rings. The number of pyridine rings is 1. The number of nitrogens with zero attached hydrogens (tertiary/aromatic N) is 3. The zero-order valence-corrected chi connectivity index (χ0v) is 15.9. The molecule has 29 heavy (non-hydrogen) atoms. The Morgan fingerprint density at radius 3 is 2.62 bits per heavy atom. The van der Waals surface area contributed by atoms with Crippen LogP contribution in [0, 0.1) is 11.6 Å². The topological polar surface area (TPSA) is 70.4 Å². The predicted molar refractivity (Wildman–Crippen MR) is 104 cm³/mol. The van der Waals surface area contributed by atoms with E-state index < -0.39 is 17.5 Å². The second kappa shape index (κ2) is 8.26. The zero-order chi connectivity index (χ0) is 20.4. The van der Waals surface area contributed by atoms with E-state index in [1.165, 1.54) is 18.6 Å². The number of piperidine rings is 1. The van der Waals surface area contributed by atoms with Crippen LogP contribution in [0.25, 0.3) is 10.9 Å². The number of hydrogen-bond acceptors (Lipinski definition) is 4. The second-order valence-electron chi connectivity index (χ2n) is 7.38. The number of carbonyl (C=O) groups excluding carboxylic acids is 1.